The van der Waals surface area contributed by atoms with Crippen LogP contribution in [0.4, 0.5) is 0 Å². The van der Waals surface area contributed by atoms with Gasteiger partial charge in [-0.1, -0.05) is 18.2 Å². The van der Waals surface area contributed by atoms with Gasteiger partial charge in [-0.25, -0.2) is 13.6 Å². The summed E-state index contributed by atoms with van der Waals surface area (Å²) >= 11 is 0. The molecule has 23 heavy (non-hydrogen) atoms. The summed E-state index contributed by atoms with van der Waals surface area (Å²) in [6.45, 7) is 0.542. The lowest BCUT2D eigenvalue weighted by molar-refractivity contribution is -0.121. The van der Waals surface area contributed by atoms with Gasteiger partial charge < -0.3 is 5.32 Å². The highest BCUT2D eigenvalue weighted by molar-refractivity contribution is 7.89. The highest BCUT2D eigenvalue weighted by Gasteiger charge is 2.07. The number of rotatable bonds is 7. The number of nitrogens with two attached hydrogens (primary N) is 1. The molecule has 1 heterocycles. The van der Waals surface area contributed by atoms with Gasteiger partial charge in [0.15, 0.2) is 0 Å². The number of nitrogens with zero attached hydrogens (tertiary/aromatic N) is 1. The Morgan fingerprint density at radius 1 is 1.09 bits per heavy atom. The van der Waals surface area contributed by atoms with Gasteiger partial charge in [-0.3, -0.25) is 9.78 Å². The van der Waals surface area contributed by atoms with E-state index in [0.29, 0.717) is 25.8 Å². The molecule has 0 saturated heterocycles. The lowest BCUT2D eigenvalue weighted by Gasteiger charge is -2.06. The maximum Gasteiger partial charge on any atom is 0.238 e. The molecule has 2 aromatic rings. The molecule has 0 aliphatic heterocycles. The predicted octanol–water partition coefficient (Wildman–Crippen LogP) is 1.02. The number of benzene rings is 1. The number of aryl methyl sites for hydroxylation is 1. The van der Waals surface area contributed by atoms with Crippen LogP contribution in [-0.2, 0) is 27.7 Å². The van der Waals surface area contributed by atoms with Gasteiger partial charge in [0.1, 0.15) is 0 Å². The van der Waals surface area contributed by atoms with E-state index in [9.17, 15) is 13.2 Å². The van der Waals surface area contributed by atoms with Crippen molar-refractivity contribution in [3.8, 4) is 0 Å². The molecule has 0 fully saturated rings. The topological polar surface area (TPSA) is 102 Å². The second kappa shape index (κ2) is 7.85. The van der Waals surface area contributed by atoms with Crippen LogP contribution in [0.25, 0.3) is 0 Å². The van der Waals surface area contributed by atoms with Crippen molar-refractivity contribution in [2.24, 2.45) is 5.14 Å². The van der Waals surface area contributed by atoms with Crippen LogP contribution in [0, 0.1) is 0 Å². The first-order valence-electron chi connectivity index (χ1n) is 7.23. The van der Waals surface area contributed by atoms with Crippen LogP contribution >= 0.6 is 0 Å². The number of carbonyl (C=O) groups excluding carboxylic acids is 1. The first-order valence-corrected chi connectivity index (χ1v) is 8.78. The maximum atomic E-state index is 11.8. The number of primary sulfonamides is 1. The average Bonchev–Trinajstić information content (AvgIpc) is 2.53. The van der Waals surface area contributed by atoms with Crippen LogP contribution < -0.4 is 10.5 Å². The van der Waals surface area contributed by atoms with E-state index in [1.165, 1.54) is 12.1 Å². The quantitative estimate of drug-likeness (QED) is 0.789. The fourth-order valence-corrected chi connectivity index (χ4v) is 2.58. The number of sulfonamides is 1. The van der Waals surface area contributed by atoms with Crippen LogP contribution in [0.5, 0.6) is 0 Å². The molecule has 3 N–H and O–H groups in total. The summed E-state index contributed by atoms with van der Waals surface area (Å²) in [5.41, 5.74) is 1.82. The molecule has 0 aliphatic rings. The first-order chi connectivity index (χ1) is 10.9. The summed E-state index contributed by atoms with van der Waals surface area (Å²) in [6, 6.07) is 11.9. The number of hydrogen-bond donors (Lipinski definition) is 2. The summed E-state index contributed by atoms with van der Waals surface area (Å²) in [5.74, 6) is -0.0449. The highest BCUT2D eigenvalue weighted by atomic mass is 32.2. The Bertz CT molecular complexity index is 744. The summed E-state index contributed by atoms with van der Waals surface area (Å²) in [6.07, 6.45) is 3.30. The van der Waals surface area contributed by atoms with Crippen LogP contribution in [0.15, 0.2) is 53.6 Å². The molecule has 2 rings (SSSR count). The van der Waals surface area contributed by atoms with E-state index in [2.05, 4.69) is 10.3 Å². The van der Waals surface area contributed by atoms with E-state index in [-0.39, 0.29) is 10.8 Å². The Hall–Kier alpha value is -2.25. The molecule has 122 valence electrons. The smallest absolute Gasteiger partial charge is 0.238 e. The van der Waals surface area contributed by atoms with Gasteiger partial charge in [0.25, 0.3) is 0 Å². The second-order valence-corrected chi connectivity index (χ2v) is 6.67. The number of carbonyl (C=O) groups is 1. The van der Waals surface area contributed by atoms with Crippen LogP contribution in [0.2, 0.25) is 0 Å². The minimum atomic E-state index is -3.67. The van der Waals surface area contributed by atoms with E-state index in [0.717, 1.165) is 11.3 Å². The van der Waals surface area contributed by atoms with Crippen molar-refractivity contribution in [3.63, 3.8) is 0 Å². The average molecular weight is 333 g/mol. The molecule has 0 spiro atoms. The molecule has 6 nitrogen and oxygen atoms in total. The zero-order chi connectivity index (χ0) is 16.7. The van der Waals surface area contributed by atoms with Gasteiger partial charge in [0.05, 0.1) is 4.90 Å². The number of amides is 1. The molecule has 0 bridgehead atoms. The molecule has 0 atom stereocenters. The summed E-state index contributed by atoms with van der Waals surface area (Å²) in [4.78, 5) is 16.0. The van der Waals surface area contributed by atoms with Crippen molar-refractivity contribution in [1.29, 1.82) is 0 Å². The monoisotopic (exact) mass is 333 g/mol. The molecule has 1 aromatic heterocycles. The highest BCUT2D eigenvalue weighted by Crippen LogP contribution is 2.10. The lowest BCUT2D eigenvalue weighted by Crippen LogP contribution is -2.26. The largest absolute Gasteiger partial charge is 0.356 e. The normalized spacial score (nSPS) is 11.2. The maximum absolute atomic E-state index is 11.8. The fraction of sp³-hybridized carbons (Fsp3) is 0.250. The van der Waals surface area contributed by atoms with Gasteiger partial charge in [0.2, 0.25) is 15.9 Å². The van der Waals surface area contributed by atoms with E-state index < -0.39 is 10.0 Å². The first kappa shape index (κ1) is 17.1. The third-order valence-electron chi connectivity index (χ3n) is 3.32. The lowest BCUT2D eigenvalue weighted by atomic mass is 10.1. The number of pyridine rings is 1. The number of nitrogens with one attached hydrogen (secondary N) is 1. The number of aromatic nitrogens is 1. The third-order valence-corrected chi connectivity index (χ3v) is 4.25. The van der Waals surface area contributed by atoms with Gasteiger partial charge in [-0.15, -0.1) is 0 Å². The summed E-state index contributed by atoms with van der Waals surface area (Å²) in [5, 5.41) is 7.88. The third kappa shape index (κ3) is 5.80. The van der Waals surface area contributed by atoms with E-state index >= 15 is 0 Å². The van der Waals surface area contributed by atoms with Gasteiger partial charge in [-0.2, -0.15) is 0 Å². The van der Waals surface area contributed by atoms with E-state index in [1.807, 2.05) is 18.2 Å². The van der Waals surface area contributed by atoms with Crippen molar-refractivity contribution in [2.75, 3.05) is 6.54 Å². The number of hydrogen-bond acceptors (Lipinski definition) is 4. The minimum absolute atomic E-state index is 0.0449. The Morgan fingerprint density at radius 3 is 2.43 bits per heavy atom. The van der Waals surface area contributed by atoms with E-state index in [1.54, 1.807) is 18.3 Å². The summed E-state index contributed by atoms with van der Waals surface area (Å²) < 4.78 is 22.3. The molecular formula is C16H19N3O3S. The molecule has 1 amide bonds. The predicted molar refractivity (Wildman–Crippen MR) is 87.1 cm³/mol. The van der Waals surface area contributed by atoms with Gasteiger partial charge in [0, 0.05) is 31.3 Å². The molecule has 0 aliphatic carbocycles. The molecule has 0 saturated carbocycles. The SMILES string of the molecule is NS(=O)(=O)c1ccc(CCC(=O)NCCc2ccccn2)cc1. The Morgan fingerprint density at radius 2 is 1.83 bits per heavy atom. The Labute approximate surface area is 135 Å². The van der Waals surface area contributed by atoms with Crippen molar-refractivity contribution in [2.45, 2.75) is 24.2 Å². The molecular weight excluding hydrogens is 314 g/mol. The Balaban J connectivity index is 1.74. The van der Waals surface area contributed by atoms with E-state index in [4.69, 9.17) is 5.14 Å². The van der Waals surface area contributed by atoms with Crippen LogP contribution in [-0.4, -0.2) is 25.9 Å². The molecule has 0 unspecified atom stereocenters. The molecule has 1 aromatic carbocycles. The fourth-order valence-electron chi connectivity index (χ4n) is 2.07. The van der Waals surface area contributed by atoms with Crippen LogP contribution in [0.1, 0.15) is 17.7 Å². The molecule has 0 radical (unpaired) electrons. The standard InChI is InChI=1S/C16H19N3O3S/c17-23(21,22)15-7-4-13(5-8-15)6-9-16(20)19-12-10-14-3-1-2-11-18-14/h1-5,7-8,11H,6,9-10,12H2,(H,19,20)(H2,17,21,22). The van der Waals surface area contributed by atoms with Gasteiger partial charge >= 0.3 is 0 Å². The minimum Gasteiger partial charge on any atom is -0.356 e. The summed E-state index contributed by atoms with van der Waals surface area (Å²) in [7, 11) is -3.67. The van der Waals surface area contributed by atoms with Crippen molar-refractivity contribution in [3.05, 3.63) is 59.9 Å². The van der Waals surface area contributed by atoms with Crippen molar-refractivity contribution in [1.82, 2.24) is 10.3 Å². The van der Waals surface area contributed by atoms with Crippen molar-refractivity contribution >= 4 is 15.9 Å². The van der Waals surface area contributed by atoms with Gasteiger partial charge in [-0.05, 0) is 36.2 Å². The zero-order valence-electron chi connectivity index (χ0n) is 12.6. The van der Waals surface area contributed by atoms with Crippen LogP contribution in [0.3, 0.4) is 0 Å². The zero-order valence-corrected chi connectivity index (χ0v) is 13.4. The Kier molecular flexibility index (Phi) is 5.84. The van der Waals surface area contributed by atoms with Crippen molar-refractivity contribution < 1.29 is 13.2 Å². The second-order valence-electron chi connectivity index (χ2n) is 5.11. The molecule has 7 heteroatoms.